The fraction of sp³-hybridized carbons (Fsp3) is 0.200. The van der Waals surface area contributed by atoms with Gasteiger partial charge in [0, 0.05) is 24.5 Å². The van der Waals surface area contributed by atoms with Crippen molar-refractivity contribution in [3.05, 3.63) is 54.2 Å². The van der Waals surface area contributed by atoms with E-state index in [0.717, 1.165) is 11.3 Å². The monoisotopic (exact) mass is 253 g/mol. The zero-order valence-corrected chi connectivity index (χ0v) is 10.5. The molecular formula is C15H15N3O. The van der Waals surface area contributed by atoms with E-state index in [2.05, 4.69) is 9.88 Å². The molecule has 1 aliphatic heterocycles. The van der Waals surface area contributed by atoms with Crippen LogP contribution >= 0.6 is 0 Å². The summed E-state index contributed by atoms with van der Waals surface area (Å²) in [6.45, 7) is 1.13. The Kier molecular flexibility index (Phi) is 2.91. The largest absolute Gasteiger partial charge is 0.384 e. The zero-order valence-electron chi connectivity index (χ0n) is 10.5. The van der Waals surface area contributed by atoms with Gasteiger partial charge in [0.1, 0.15) is 5.82 Å². The average molecular weight is 253 g/mol. The lowest BCUT2D eigenvalue weighted by atomic mass is 9.98. The fourth-order valence-corrected chi connectivity index (χ4v) is 2.49. The van der Waals surface area contributed by atoms with Crippen molar-refractivity contribution in [1.82, 2.24) is 4.98 Å². The van der Waals surface area contributed by atoms with Gasteiger partial charge in [-0.3, -0.25) is 4.79 Å². The molecule has 0 radical (unpaired) electrons. The molecule has 3 rings (SSSR count). The summed E-state index contributed by atoms with van der Waals surface area (Å²) in [4.78, 5) is 18.2. The number of hydrogen-bond donors (Lipinski definition) is 1. The number of hydrogen-bond acceptors (Lipinski definition) is 4. The first-order valence-corrected chi connectivity index (χ1v) is 6.28. The summed E-state index contributed by atoms with van der Waals surface area (Å²) in [5.74, 6) is 0.685. The van der Waals surface area contributed by atoms with Gasteiger partial charge in [0.05, 0.1) is 12.5 Å². The Bertz CT molecular complexity index is 597. The summed E-state index contributed by atoms with van der Waals surface area (Å²) in [6.07, 6.45) is 1.67. The first-order valence-electron chi connectivity index (χ1n) is 6.28. The maximum absolute atomic E-state index is 12.2. The van der Waals surface area contributed by atoms with Gasteiger partial charge in [-0.2, -0.15) is 0 Å². The molecule has 0 bridgehead atoms. The molecule has 0 amide bonds. The van der Waals surface area contributed by atoms with Crippen LogP contribution in [0.5, 0.6) is 0 Å². The highest BCUT2D eigenvalue weighted by atomic mass is 16.1. The molecule has 2 aromatic rings. The van der Waals surface area contributed by atoms with Crippen molar-refractivity contribution >= 4 is 17.3 Å². The van der Waals surface area contributed by atoms with Crippen molar-refractivity contribution in [3.63, 3.8) is 0 Å². The van der Waals surface area contributed by atoms with Crippen LogP contribution in [0.15, 0.2) is 48.7 Å². The molecule has 0 aliphatic carbocycles. The number of aromatic nitrogens is 1. The SMILES string of the molecule is Nc1cc(N2CC(=O)C(c3ccccc3)C2)ccn1. The van der Waals surface area contributed by atoms with E-state index in [0.29, 0.717) is 18.9 Å². The molecule has 4 nitrogen and oxygen atoms in total. The Balaban J connectivity index is 1.84. The normalized spacial score (nSPS) is 18.8. The standard InChI is InChI=1S/C15H15N3O/c16-15-8-12(6-7-17-15)18-9-13(14(19)10-18)11-4-2-1-3-5-11/h1-8,13H,9-10H2,(H2,16,17). The molecule has 0 spiro atoms. The highest BCUT2D eigenvalue weighted by Crippen LogP contribution is 2.28. The molecule has 96 valence electrons. The molecule has 19 heavy (non-hydrogen) atoms. The van der Waals surface area contributed by atoms with Gasteiger partial charge in [-0.05, 0) is 11.6 Å². The quantitative estimate of drug-likeness (QED) is 0.887. The van der Waals surface area contributed by atoms with Crippen LogP contribution in [0.1, 0.15) is 11.5 Å². The van der Waals surface area contributed by atoms with E-state index in [1.165, 1.54) is 0 Å². The molecule has 2 heterocycles. The van der Waals surface area contributed by atoms with Crippen LogP contribution in [-0.4, -0.2) is 23.9 Å². The van der Waals surface area contributed by atoms with Crippen LogP contribution in [0.4, 0.5) is 11.5 Å². The fourth-order valence-electron chi connectivity index (χ4n) is 2.49. The molecule has 1 saturated heterocycles. The number of pyridine rings is 1. The van der Waals surface area contributed by atoms with Crippen molar-refractivity contribution in [1.29, 1.82) is 0 Å². The average Bonchev–Trinajstić information content (AvgIpc) is 2.82. The van der Waals surface area contributed by atoms with E-state index >= 15 is 0 Å². The number of carbonyl (C=O) groups is 1. The Morgan fingerprint density at radius 1 is 1.21 bits per heavy atom. The van der Waals surface area contributed by atoms with Crippen molar-refractivity contribution in [2.24, 2.45) is 0 Å². The lowest BCUT2D eigenvalue weighted by Crippen LogP contribution is -2.19. The predicted molar refractivity (Wildman–Crippen MR) is 75.1 cm³/mol. The summed E-state index contributed by atoms with van der Waals surface area (Å²) < 4.78 is 0. The van der Waals surface area contributed by atoms with E-state index in [1.807, 2.05) is 36.4 Å². The van der Waals surface area contributed by atoms with Crippen LogP contribution in [0, 0.1) is 0 Å². The Hall–Kier alpha value is -2.36. The number of benzene rings is 1. The van der Waals surface area contributed by atoms with Crippen LogP contribution in [0.3, 0.4) is 0 Å². The van der Waals surface area contributed by atoms with E-state index in [9.17, 15) is 4.79 Å². The molecule has 0 saturated carbocycles. The molecule has 1 unspecified atom stereocenters. The van der Waals surface area contributed by atoms with Crippen LogP contribution in [0.25, 0.3) is 0 Å². The predicted octanol–water partition coefficient (Wildman–Crippen LogP) is 1.84. The molecule has 1 aliphatic rings. The third kappa shape index (κ3) is 2.29. The zero-order chi connectivity index (χ0) is 13.2. The molecule has 2 N–H and O–H groups in total. The summed E-state index contributed by atoms with van der Waals surface area (Å²) in [5.41, 5.74) is 7.72. The second-order valence-corrected chi connectivity index (χ2v) is 4.75. The van der Waals surface area contributed by atoms with Gasteiger partial charge in [-0.25, -0.2) is 4.98 Å². The highest BCUT2D eigenvalue weighted by molar-refractivity contribution is 5.93. The number of ketones is 1. The van der Waals surface area contributed by atoms with Gasteiger partial charge >= 0.3 is 0 Å². The molecular weight excluding hydrogens is 238 g/mol. The first kappa shape index (κ1) is 11.7. The molecule has 4 heteroatoms. The van der Waals surface area contributed by atoms with E-state index in [4.69, 9.17) is 5.73 Å². The lowest BCUT2D eigenvalue weighted by Gasteiger charge is -2.17. The molecule has 1 aromatic carbocycles. The van der Waals surface area contributed by atoms with E-state index < -0.39 is 0 Å². The van der Waals surface area contributed by atoms with Gasteiger partial charge in [0.25, 0.3) is 0 Å². The maximum Gasteiger partial charge on any atom is 0.161 e. The van der Waals surface area contributed by atoms with Gasteiger partial charge < -0.3 is 10.6 Å². The van der Waals surface area contributed by atoms with Crippen molar-refractivity contribution in [2.75, 3.05) is 23.7 Å². The third-order valence-corrected chi connectivity index (χ3v) is 3.47. The summed E-state index contributed by atoms with van der Waals surface area (Å²) in [5, 5.41) is 0. The Morgan fingerprint density at radius 2 is 2.00 bits per heavy atom. The second kappa shape index (κ2) is 4.72. The van der Waals surface area contributed by atoms with Gasteiger partial charge in [-0.1, -0.05) is 30.3 Å². The van der Waals surface area contributed by atoms with Crippen molar-refractivity contribution in [3.8, 4) is 0 Å². The number of nitrogens with two attached hydrogens (primary N) is 1. The van der Waals surface area contributed by atoms with E-state index in [-0.39, 0.29) is 11.7 Å². The van der Waals surface area contributed by atoms with Crippen LogP contribution in [0.2, 0.25) is 0 Å². The number of anilines is 2. The third-order valence-electron chi connectivity index (χ3n) is 3.47. The van der Waals surface area contributed by atoms with Gasteiger partial charge in [0.2, 0.25) is 0 Å². The smallest absolute Gasteiger partial charge is 0.161 e. The number of rotatable bonds is 2. The minimum Gasteiger partial charge on any atom is -0.384 e. The van der Waals surface area contributed by atoms with Gasteiger partial charge in [0.15, 0.2) is 5.78 Å². The lowest BCUT2D eigenvalue weighted by molar-refractivity contribution is -0.117. The number of carbonyl (C=O) groups excluding carboxylic acids is 1. The number of nitrogen functional groups attached to an aromatic ring is 1. The van der Waals surface area contributed by atoms with Crippen LogP contribution < -0.4 is 10.6 Å². The minimum atomic E-state index is -0.0458. The minimum absolute atomic E-state index is 0.0458. The Morgan fingerprint density at radius 3 is 2.74 bits per heavy atom. The summed E-state index contributed by atoms with van der Waals surface area (Å²) >= 11 is 0. The van der Waals surface area contributed by atoms with Crippen molar-refractivity contribution < 1.29 is 4.79 Å². The first-order chi connectivity index (χ1) is 9.24. The van der Waals surface area contributed by atoms with Crippen molar-refractivity contribution in [2.45, 2.75) is 5.92 Å². The topological polar surface area (TPSA) is 59.2 Å². The summed E-state index contributed by atoms with van der Waals surface area (Å²) in [7, 11) is 0. The number of Topliss-reactive ketones (excluding diaryl/α,β-unsaturated/α-hetero) is 1. The highest BCUT2D eigenvalue weighted by Gasteiger charge is 2.31. The summed E-state index contributed by atoms with van der Waals surface area (Å²) in [6, 6.07) is 13.6. The van der Waals surface area contributed by atoms with Gasteiger partial charge in [-0.15, -0.1) is 0 Å². The second-order valence-electron chi connectivity index (χ2n) is 4.75. The molecule has 1 fully saturated rings. The maximum atomic E-state index is 12.2. The molecule has 1 aromatic heterocycles. The number of nitrogens with zero attached hydrogens (tertiary/aromatic N) is 2. The van der Waals surface area contributed by atoms with E-state index in [1.54, 1.807) is 12.3 Å². The Labute approximate surface area is 111 Å². The van der Waals surface area contributed by atoms with Crippen LogP contribution in [-0.2, 0) is 4.79 Å². The molecule has 1 atom stereocenters.